The molecule has 1 amide bonds. The summed E-state index contributed by atoms with van der Waals surface area (Å²) >= 11 is 0. The van der Waals surface area contributed by atoms with Crippen LogP contribution in [0, 0.1) is 19.3 Å². The summed E-state index contributed by atoms with van der Waals surface area (Å²) in [6, 6.07) is 5.94. The van der Waals surface area contributed by atoms with Gasteiger partial charge in [0.2, 0.25) is 6.73 Å². The number of aryl methyl sites for hydroxylation is 2. The second kappa shape index (κ2) is 9.93. The van der Waals surface area contributed by atoms with Gasteiger partial charge in [0.1, 0.15) is 0 Å². The number of anilines is 1. The lowest BCUT2D eigenvalue weighted by Crippen LogP contribution is -3.00. The molecule has 0 fully saturated rings. The number of nitrogens with one attached hydrogen (secondary N) is 1. The molecule has 1 aromatic rings. The molecule has 5 nitrogen and oxygen atoms in total. The van der Waals surface area contributed by atoms with Crippen molar-refractivity contribution in [1.29, 1.82) is 0 Å². The molecule has 0 aliphatic carbocycles. The molecule has 0 aliphatic heterocycles. The zero-order valence-corrected chi connectivity index (χ0v) is 17.9. The zero-order chi connectivity index (χ0) is 19.3. The van der Waals surface area contributed by atoms with Gasteiger partial charge in [-0.1, -0.05) is 18.2 Å². The van der Waals surface area contributed by atoms with Crippen LogP contribution in [-0.4, -0.2) is 42.7 Å². The quantitative estimate of drug-likeness (QED) is 0.426. The van der Waals surface area contributed by atoms with Gasteiger partial charge >= 0.3 is 5.97 Å². The Balaban J connectivity index is 0.00000625. The monoisotopic (exact) mass is 384 g/mol. The van der Waals surface area contributed by atoms with E-state index < -0.39 is 5.41 Å². The van der Waals surface area contributed by atoms with Gasteiger partial charge in [0.15, 0.2) is 6.54 Å². The first-order chi connectivity index (χ1) is 11.5. The van der Waals surface area contributed by atoms with Gasteiger partial charge in [0, 0.05) is 5.69 Å². The lowest BCUT2D eigenvalue weighted by molar-refractivity contribution is -0.933. The number of carbonyl (C=O) groups is 2. The summed E-state index contributed by atoms with van der Waals surface area (Å²) in [6.45, 7) is 15.4. The number of nitrogens with zero attached hydrogens (tertiary/aromatic N) is 1. The van der Waals surface area contributed by atoms with Gasteiger partial charge in [-0.2, -0.15) is 0 Å². The number of amides is 1. The van der Waals surface area contributed by atoms with Crippen molar-refractivity contribution in [3.05, 3.63) is 29.3 Å². The van der Waals surface area contributed by atoms with Gasteiger partial charge < -0.3 is 22.5 Å². The highest BCUT2D eigenvalue weighted by molar-refractivity contribution is 5.93. The van der Waals surface area contributed by atoms with Crippen molar-refractivity contribution in [2.24, 2.45) is 5.41 Å². The smallest absolute Gasteiger partial charge is 0.315 e. The molecule has 148 valence electrons. The molecular weight excluding hydrogens is 352 g/mol. The highest BCUT2D eigenvalue weighted by atomic mass is 35.5. The topological polar surface area (TPSA) is 55.4 Å². The zero-order valence-electron chi connectivity index (χ0n) is 17.1. The Kier molecular flexibility index (Phi) is 9.32. The Labute approximate surface area is 164 Å². The number of rotatable bonds is 7. The van der Waals surface area contributed by atoms with Crippen LogP contribution in [0.3, 0.4) is 0 Å². The molecule has 0 aromatic heterocycles. The van der Waals surface area contributed by atoms with Crippen LogP contribution in [0.1, 0.15) is 45.7 Å². The van der Waals surface area contributed by atoms with E-state index in [9.17, 15) is 9.59 Å². The van der Waals surface area contributed by atoms with Gasteiger partial charge in [-0.15, -0.1) is 0 Å². The molecule has 0 saturated carbocycles. The summed E-state index contributed by atoms with van der Waals surface area (Å²) in [4.78, 5) is 24.7. The minimum Gasteiger partial charge on any atom is -1.00 e. The van der Waals surface area contributed by atoms with E-state index >= 15 is 0 Å². The summed E-state index contributed by atoms with van der Waals surface area (Å²) < 4.78 is 5.92. The summed E-state index contributed by atoms with van der Waals surface area (Å²) in [7, 11) is 0. The minimum atomic E-state index is -0.544. The highest BCUT2D eigenvalue weighted by Gasteiger charge is 2.31. The van der Waals surface area contributed by atoms with E-state index in [2.05, 4.69) is 5.32 Å². The van der Waals surface area contributed by atoms with Crippen molar-refractivity contribution in [1.82, 2.24) is 0 Å². The molecule has 0 unspecified atom stereocenters. The molecule has 1 aromatic carbocycles. The predicted octanol–water partition coefficient (Wildman–Crippen LogP) is 0.649. The number of benzene rings is 1. The fourth-order valence-corrected chi connectivity index (χ4v) is 2.58. The van der Waals surface area contributed by atoms with Crippen LogP contribution in [0.2, 0.25) is 0 Å². The Morgan fingerprint density at radius 1 is 1.08 bits per heavy atom. The van der Waals surface area contributed by atoms with Crippen molar-refractivity contribution >= 4 is 17.6 Å². The maximum Gasteiger partial charge on any atom is 0.315 e. The molecule has 0 spiro atoms. The van der Waals surface area contributed by atoms with E-state index in [1.165, 1.54) is 0 Å². The molecular formula is C20H33ClN2O3. The van der Waals surface area contributed by atoms with Gasteiger partial charge in [-0.3, -0.25) is 14.1 Å². The first-order valence-electron chi connectivity index (χ1n) is 8.93. The molecule has 0 heterocycles. The van der Waals surface area contributed by atoms with E-state index in [1.807, 2.05) is 66.7 Å². The number of hydrogen-bond acceptors (Lipinski definition) is 3. The Bertz CT molecular complexity index is 600. The van der Waals surface area contributed by atoms with Crippen LogP contribution < -0.4 is 17.7 Å². The van der Waals surface area contributed by atoms with Crippen LogP contribution in [0.4, 0.5) is 5.69 Å². The van der Waals surface area contributed by atoms with Gasteiger partial charge in [-0.05, 0) is 59.6 Å². The molecule has 26 heavy (non-hydrogen) atoms. The van der Waals surface area contributed by atoms with E-state index in [1.54, 1.807) is 0 Å². The third-order valence-electron chi connectivity index (χ3n) is 4.65. The Morgan fingerprint density at radius 3 is 2.00 bits per heavy atom. The van der Waals surface area contributed by atoms with Crippen LogP contribution >= 0.6 is 0 Å². The van der Waals surface area contributed by atoms with E-state index in [-0.39, 0.29) is 37.6 Å². The van der Waals surface area contributed by atoms with Crippen LogP contribution in [0.15, 0.2) is 18.2 Å². The number of esters is 1. The van der Waals surface area contributed by atoms with Crippen molar-refractivity contribution < 1.29 is 31.2 Å². The molecule has 1 N–H and O–H groups in total. The second-order valence-corrected chi connectivity index (χ2v) is 7.76. The Morgan fingerprint density at radius 2 is 1.58 bits per heavy atom. The molecule has 0 radical (unpaired) electrons. The van der Waals surface area contributed by atoms with Gasteiger partial charge in [-0.25, -0.2) is 0 Å². The predicted molar refractivity (Wildman–Crippen MR) is 101 cm³/mol. The number of likely N-dealkylation sites (N-methyl/N-ethyl adjacent to an activating group) is 1. The molecule has 0 atom stereocenters. The molecule has 0 aliphatic rings. The molecule has 0 saturated heterocycles. The third kappa shape index (κ3) is 6.61. The van der Waals surface area contributed by atoms with Gasteiger partial charge in [0.25, 0.3) is 5.91 Å². The number of para-hydroxylation sites is 1. The molecule has 1 rings (SSSR count). The maximum absolute atomic E-state index is 12.6. The minimum absolute atomic E-state index is 0. The number of ether oxygens (including phenoxy) is 1. The largest absolute Gasteiger partial charge is 1.00 e. The Hall–Kier alpha value is -1.59. The number of halogens is 1. The van der Waals surface area contributed by atoms with Gasteiger partial charge in [0.05, 0.1) is 18.5 Å². The van der Waals surface area contributed by atoms with E-state index in [4.69, 9.17) is 4.74 Å². The average Bonchev–Trinajstić information content (AvgIpc) is 2.54. The summed E-state index contributed by atoms with van der Waals surface area (Å²) in [5.41, 5.74) is 2.40. The fourth-order valence-electron chi connectivity index (χ4n) is 2.58. The molecule has 6 heteroatoms. The lowest BCUT2D eigenvalue weighted by atomic mass is 9.97. The van der Waals surface area contributed by atoms with E-state index in [0.717, 1.165) is 16.8 Å². The van der Waals surface area contributed by atoms with E-state index in [0.29, 0.717) is 17.6 Å². The fraction of sp³-hybridized carbons (Fsp3) is 0.600. The van der Waals surface area contributed by atoms with Crippen molar-refractivity contribution in [2.45, 2.75) is 48.5 Å². The summed E-state index contributed by atoms with van der Waals surface area (Å²) in [5.74, 6) is -0.306. The first kappa shape index (κ1) is 24.4. The number of quaternary nitrogens is 1. The van der Waals surface area contributed by atoms with Crippen LogP contribution in [0.5, 0.6) is 0 Å². The van der Waals surface area contributed by atoms with Crippen LogP contribution in [0.25, 0.3) is 0 Å². The number of hydrogen-bond donors (Lipinski definition) is 1. The first-order valence-corrected chi connectivity index (χ1v) is 8.93. The number of carbonyl (C=O) groups excluding carboxylic acids is 2. The SMILES string of the molecule is CC[N+](CC)(COC(=O)C(C)(C)C)CC(=O)Nc1c(C)cccc1C.[Cl-]. The van der Waals surface area contributed by atoms with Crippen molar-refractivity contribution in [3.63, 3.8) is 0 Å². The molecule has 0 bridgehead atoms. The normalized spacial score (nSPS) is 11.5. The van der Waals surface area contributed by atoms with Crippen LogP contribution in [-0.2, 0) is 14.3 Å². The van der Waals surface area contributed by atoms with Crippen molar-refractivity contribution in [3.8, 4) is 0 Å². The summed E-state index contributed by atoms with van der Waals surface area (Å²) in [5, 5.41) is 3.03. The van der Waals surface area contributed by atoms with Crippen molar-refractivity contribution in [2.75, 3.05) is 31.7 Å². The summed E-state index contributed by atoms with van der Waals surface area (Å²) in [6.07, 6.45) is 0. The average molecular weight is 385 g/mol. The highest BCUT2D eigenvalue weighted by Crippen LogP contribution is 2.20. The maximum atomic E-state index is 12.6. The second-order valence-electron chi connectivity index (χ2n) is 7.76. The standard InChI is InChI=1S/C20H32N2O3.ClH/c1-8-22(9-2,14-25-19(24)20(5,6)7)13-17(23)21-18-15(3)11-10-12-16(18)4;/h10-12H,8-9,13-14H2,1-7H3;1H. The lowest BCUT2D eigenvalue weighted by Gasteiger charge is -2.35. The third-order valence-corrected chi connectivity index (χ3v) is 4.65.